The molecule has 0 aliphatic carbocycles. The molecule has 21 nitrogen and oxygen atoms in total. The third-order valence-electron chi connectivity index (χ3n) is 8.68. The zero-order chi connectivity index (χ0) is 38.3. The van der Waals surface area contributed by atoms with Crippen LogP contribution in [0, 0.1) is 6.92 Å². The molecule has 0 saturated carbocycles. The zero-order valence-corrected chi connectivity index (χ0v) is 29.7. The van der Waals surface area contributed by atoms with Crippen molar-refractivity contribution in [2.45, 2.75) is 70.4 Å². The highest BCUT2D eigenvalue weighted by atomic mass is 16.4. The summed E-state index contributed by atoms with van der Waals surface area (Å²) in [4.78, 5) is 57.1. The number of nitrogens with one attached hydrogen (secondary N) is 2. The number of oxazole rings is 6. The fourth-order valence-electron chi connectivity index (χ4n) is 5.89. The lowest BCUT2D eigenvalue weighted by molar-refractivity contribution is 0.0914. The van der Waals surface area contributed by atoms with E-state index >= 15 is 0 Å². The van der Waals surface area contributed by atoms with Crippen molar-refractivity contribution in [2.75, 3.05) is 19.6 Å². The largest absolute Gasteiger partial charge is 0.446 e. The maximum Gasteiger partial charge on any atom is 0.273 e. The van der Waals surface area contributed by atoms with Gasteiger partial charge in [-0.25, -0.2) is 29.9 Å². The first-order valence-corrected chi connectivity index (χ1v) is 17.7. The number of hydrogen-bond donors (Lipinski definition) is 4. The van der Waals surface area contributed by atoms with Crippen molar-refractivity contribution in [1.82, 2.24) is 40.5 Å². The number of azide groups is 1. The molecule has 0 unspecified atom stereocenters. The second-order valence-electron chi connectivity index (χ2n) is 12.6. The molecule has 7 rings (SSSR count). The third-order valence-corrected chi connectivity index (χ3v) is 8.68. The van der Waals surface area contributed by atoms with Gasteiger partial charge in [-0.05, 0) is 70.5 Å². The van der Waals surface area contributed by atoms with E-state index in [-0.39, 0.29) is 82.5 Å². The summed E-state index contributed by atoms with van der Waals surface area (Å²) in [5, 5.41) is 9.47. The van der Waals surface area contributed by atoms with Crippen molar-refractivity contribution in [1.29, 1.82) is 0 Å². The molecule has 0 saturated heterocycles. The quantitative estimate of drug-likeness (QED) is 0.0529. The Balaban J connectivity index is 1.30. The molecule has 55 heavy (non-hydrogen) atoms. The van der Waals surface area contributed by atoms with Gasteiger partial charge in [-0.1, -0.05) is 5.11 Å². The predicted molar refractivity (Wildman–Crippen MR) is 188 cm³/mol. The normalized spacial score (nSPS) is 15.6. The van der Waals surface area contributed by atoms with E-state index in [0.29, 0.717) is 69.6 Å². The molecular formula is C34H37N13O8. The van der Waals surface area contributed by atoms with E-state index in [0.717, 1.165) is 0 Å². The van der Waals surface area contributed by atoms with E-state index in [4.69, 9.17) is 48.5 Å². The lowest BCUT2D eigenvalue weighted by Gasteiger charge is -2.14. The van der Waals surface area contributed by atoms with E-state index in [1.165, 1.54) is 25.1 Å². The molecule has 0 radical (unpaired) electrons. The van der Waals surface area contributed by atoms with Crippen molar-refractivity contribution in [3.63, 3.8) is 0 Å². The van der Waals surface area contributed by atoms with Crippen LogP contribution in [0.5, 0.6) is 0 Å². The Morgan fingerprint density at radius 3 is 1.93 bits per heavy atom. The van der Waals surface area contributed by atoms with Crippen molar-refractivity contribution in [2.24, 2.45) is 16.6 Å². The summed E-state index contributed by atoms with van der Waals surface area (Å²) in [7, 11) is 0. The van der Waals surface area contributed by atoms with Crippen molar-refractivity contribution in [3.8, 4) is 46.3 Å². The topological polar surface area (TPSA) is 315 Å². The lowest BCUT2D eigenvalue weighted by Crippen LogP contribution is -2.29. The molecular weight excluding hydrogens is 718 g/mol. The van der Waals surface area contributed by atoms with Gasteiger partial charge in [-0.3, -0.25) is 9.59 Å². The van der Waals surface area contributed by atoms with Gasteiger partial charge < -0.3 is 48.6 Å². The highest BCUT2D eigenvalue weighted by Gasteiger charge is 2.30. The number of rotatable bonds is 12. The Hall–Kier alpha value is -6.57. The smallest absolute Gasteiger partial charge is 0.273 e. The number of nitrogens with zero attached hydrogens (tertiary/aromatic N) is 9. The van der Waals surface area contributed by atoms with Gasteiger partial charge in [0.05, 0.1) is 0 Å². The van der Waals surface area contributed by atoms with Crippen LogP contribution in [0.15, 0.2) is 56.7 Å². The molecule has 2 atom stereocenters. The Morgan fingerprint density at radius 1 is 0.673 bits per heavy atom. The second kappa shape index (κ2) is 16.6. The number of carbonyl (C=O) groups excluding carboxylic acids is 2. The zero-order valence-electron chi connectivity index (χ0n) is 29.7. The van der Waals surface area contributed by atoms with Crippen LogP contribution in [0.1, 0.15) is 101 Å². The summed E-state index contributed by atoms with van der Waals surface area (Å²) in [6.07, 6.45) is 9.37. The Labute approximate surface area is 311 Å². The first kappa shape index (κ1) is 36.8. The average Bonchev–Trinajstić information content (AvgIpc) is 4.03. The van der Waals surface area contributed by atoms with Gasteiger partial charge in [-0.2, -0.15) is 0 Å². The number of nitrogens with two attached hydrogens (primary N) is 2. The Kier molecular flexibility index (Phi) is 11.1. The molecule has 0 spiro atoms. The second-order valence-corrected chi connectivity index (χ2v) is 12.6. The first-order chi connectivity index (χ1) is 26.8. The van der Waals surface area contributed by atoms with Crippen molar-refractivity contribution < 1.29 is 36.1 Å². The number of hydrogen-bond acceptors (Lipinski definition) is 17. The summed E-state index contributed by atoms with van der Waals surface area (Å²) in [6.45, 7) is 2.80. The van der Waals surface area contributed by atoms with Crippen LogP contribution >= 0.6 is 0 Å². The predicted octanol–water partition coefficient (Wildman–Crippen LogP) is 5.35. The van der Waals surface area contributed by atoms with E-state index in [9.17, 15) is 9.59 Å². The van der Waals surface area contributed by atoms with Gasteiger partial charge in [0, 0.05) is 17.9 Å². The highest BCUT2D eigenvalue weighted by Crippen LogP contribution is 2.34. The molecule has 2 amide bonds. The molecule has 0 aromatic carbocycles. The van der Waals surface area contributed by atoms with Crippen LogP contribution in [0.25, 0.3) is 56.8 Å². The van der Waals surface area contributed by atoms with Crippen LogP contribution in [-0.2, 0) is 6.42 Å². The van der Waals surface area contributed by atoms with Gasteiger partial charge in [0.15, 0.2) is 34.2 Å². The third kappa shape index (κ3) is 8.17. The van der Waals surface area contributed by atoms with Gasteiger partial charge >= 0.3 is 0 Å². The van der Waals surface area contributed by atoms with Gasteiger partial charge in [0.2, 0.25) is 35.3 Å². The van der Waals surface area contributed by atoms with E-state index in [2.05, 4.69) is 45.6 Å². The molecule has 286 valence electrons. The number of carbonyl (C=O) groups is 2. The minimum atomic E-state index is -0.693. The van der Waals surface area contributed by atoms with Crippen LogP contribution in [-0.4, -0.2) is 61.4 Å². The summed E-state index contributed by atoms with van der Waals surface area (Å²) in [5.41, 5.74) is 21.2. The number of amides is 2. The van der Waals surface area contributed by atoms with Crippen LogP contribution in [0.4, 0.5) is 0 Å². The molecule has 6 aromatic rings. The van der Waals surface area contributed by atoms with Gasteiger partial charge in [0.1, 0.15) is 48.7 Å². The van der Waals surface area contributed by atoms with Crippen molar-refractivity contribution in [3.05, 3.63) is 70.2 Å². The molecule has 1 aliphatic rings. The van der Waals surface area contributed by atoms with Crippen LogP contribution < -0.4 is 22.1 Å². The number of unbranched alkanes of at least 4 members (excludes halogenated alkanes) is 2. The van der Waals surface area contributed by atoms with Crippen molar-refractivity contribution >= 4 is 11.8 Å². The van der Waals surface area contributed by atoms with Gasteiger partial charge in [0.25, 0.3) is 11.8 Å². The molecule has 7 heterocycles. The summed E-state index contributed by atoms with van der Waals surface area (Å²) in [5.74, 6) is 0.204. The molecule has 6 aromatic heterocycles. The Bertz CT molecular complexity index is 2310. The van der Waals surface area contributed by atoms with Gasteiger partial charge in [-0.15, -0.1) is 0 Å². The first-order valence-electron chi connectivity index (χ1n) is 17.7. The molecule has 1 aliphatic heterocycles. The Morgan fingerprint density at radius 2 is 1.25 bits per heavy atom. The summed E-state index contributed by atoms with van der Waals surface area (Å²) >= 11 is 0. The number of fused-ring (bicyclic) bond motifs is 16. The van der Waals surface area contributed by atoms with Crippen LogP contribution in [0.2, 0.25) is 0 Å². The van der Waals surface area contributed by atoms with E-state index < -0.39 is 23.9 Å². The standard InChI is InChI=1S/C34H37N13O8/c1-17-25-34-46-26(24(55-34)9-6-12-38-47-37)33-42-21(14-53-33)28(49)39-18(7-2-4-10-35)29-43-23(15-51-29)31-44-22(16-52-31)30-41-20(13-50-30)27(48)40-19(8-3-5-11-36)32(45-25)54-17/h13-16,18-19H,2-12,35-36H2,1H3,(H,39,49)(H,40,48)/t18-,19-/m0/s1. The number of aryl methyl sites for hydroxylation is 2. The average molecular weight is 756 g/mol. The number of aromatic nitrogens is 6. The summed E-state index contributed by atoms with van der Waals surface area (Å²) < 4.78 is 35.1. The SMILES string of the molecule is Cc1oc2nc1-c1nc(c(CCCN=[N+]=[N-])o1)-c1nc(co1)C(=O)N[C@@H](CCCCN)c1nc(co1)-c1nc(co1)-c1nc(co1)C(=O)N[C@H]2CCCCN. The molecule has 21 heteroatoms. The molecule has 6 N–H and O–H groups in total. The molecule has 12 bridgehead atoms. The fraction of sp³-hybridized carbons (Fsp3) is 0.412. The molecule has 0 fully saturated rings. The maximum absolute atomic E-state index is 13.6. The summed E-state index contributed by atoms with van der Waals surface area (Å²) in [6, 6.07) is -1.37. The monoisotopic (exact) mass is 755 g/mol. The van der Waals surface area contributed by atoms with E-state index in [1.54, 1.807) is 6.92 Å². The minimum Gasteiger partial charge on any atom is -0.446 e. The van der Waals surface area contributed by atoms with Crippen LogP contribution in [0.3, 0.4) is 0 Å². The minimum absolute atomic E-state index is 0.00598. The highest BCUT2D eigenvalue weighted by molar-refractivity contribution is 5.93. The maximum atomic E-state index is 13.6. The van der Waals surface area contributed by atoms with E-state index in [1.807, 2.05) is 0 Å². The lowest BCUT2D eigenvalue weighted by atomic mass is 10.1. The fourth-order valence-corrected chi connectivity index (χ4v) is 5.89.